The molecule has 32 heavy (non-hydrogen) atoms. The predicted molar refractivity (Wildman–Crippen MR) is 122 cm³/mol. The van der Waals surface area contributed by atoms with Crippen LogP contribution in [-0.2, 0) is 7.05 Å². The smallest absolute Gasteiger partial charge is 0.263 e. The van der Waals surface area contributed by atoms with Crippen molar-refractivity contribution in [3.8, 4) is 11.4 Å². The summed E-state index contributed by atoms with van der Waals surface area (Å²) in [5.74, 6) is 1.98. The number of aromatic nitrogens is 7. The number of nitrogens with zero attached hydrogens (tertiary/aromatic N) is 7. The van der Waals surface area contributed by atoms with E-state index in [0.717, 1.165) is 12.8 Å². The fraction of sp³-hybridized carbons (Fsp3) is 0.333. The molecule has 3 N–H and O–H groups in total. The molecule has 3 aromatic heterocycles. The van der Waals surface area contributed by atoms with Crippen LogP contribution in [0, 0.1) is 0 Å². The Morgan fingerprint density at radius 1 is 1.25 bits per heavy atom. The molecule has 0 radical (unpaired) electrons. The van der Waals surface area contributed by atoms with Crippen molar-refractivity contribution in [2.24, 2.45) is 7.05 Å². The summed E-state index contributed by atoms with van der Waals surface area (Å²) in [7, 11) is 1.77. The highest BCUT2D eigenvalue weighted by Crippen LogP contribution is 2.38. The first kappa shape index (κ1) is 20.4. The second kappa shape index (κ2) is 7.86. The van der Waals surface area contributed by atoms with Crippen LogP contribution in [0.4, 0.5) is 11.6 Å². The number of nitrogens with two attached hydrogens (primary N) is 1. The van der Waals surface area contributed by atoms with Gasteiger partial charge in [0, 0.05) is 13.1 Å². The van der Waals surface area contributed by atoms with E-state index in [-0.39, 0.29) is 23.5 Å². The summed E-state index contributed by atoms with van der Waals surface area (Å²) in [6.45, 7) is 2.02. The van der Waals surface area contributed by atoms with Crippen molar-refractivity contribution in [1.29, 1.82) is 0 Å². The van der Waals surface area contributed by atoms with Crippen molar-refractivity contribution < 1.29 is 0 Å². The van der Waals surface area contributed by atoms with Gasteiger partial charge in [-0.1, -0.05) is 24.6 Å². The van der Waals surface area contributed by atoms with Crippen LogP contribution in [0.25, 0.3) is 22.3 Å². The first-order valence-electron chi connectivity index (χ1n) is 10.4. The SMILES string of the molecule is CC[C@H](Nc1ncnc(N)c1-c1ncnn1C)c1nc2cccc(Cl)c2c(=O)n1C1CC1. The molecular weight excluding hydrogens is 430 g/mol. The number of benzene rings is 1. The van der Waals surface area contributed by atoms with Gasteiger partial charge in [0.1, 0.15) is 35.7 Å². The zero-order chi connectivity index (χ0) is 22.4. The topological polar surface area (TPSA) is 129 Å². The van der Waals surface area contributed by atoms with Gasteiger partial charge in [0.2, 0.25) is 0 Å². The van der Waals surface area contributed by atoms with Crippen LogP contribution in [0.3, 0.4) is 0 Å². The van der Waals surface area contributed by atoms with Gasteiger partial charge in [-0.3, -0.25) is 9.36 Å². The van der Waals surface area contributed by atoms with Gasteiger partial charge in [0.25, 0.3) is 5.56 Å². The molecule has 1 saturated carbocycles. The van der Waals surface area contributed by atoms with Gasteiger partial charge < -0.3 is 11.1 Å². The fourth-order valence-electron chi connectivity index (χ4n) is 3.92. The third-order valence-electron chi connectivity index (χ3n) is 5.66. The molecule has 0 spiro atoms. The van der Waals surface area contributed by atoms with Crippen LogP contribution in [0.5, 0.6) is 0 Å². The van der Waals surface area contributed by atoms with E-state index in [1.165, 1.54) is 12.7 Å². The summed E-state index contributed by atoms with van der Waals surface area (Å²) in [6.07, 6.45) is 5.37. The molecule has 0 unspecified atom stereocenters. The standard InChI is InChI=1S/C21H22ClN9O/c1-3-13(28-18-16(17(23)24-9-25-18)20-26-10-27-30(20)2)19-29-14-6-4-5-12(22)15(14)21(32)31(19)11-7-8-11/h4-6,9-11,13H,3,7-8H2,1-2H3,(H3,23,24,25,28)/t13-/m0/s1. The number of hydrogen-bond acceptors (Lipinski definition) is 8. The largest absolute Gasteiger partial charge is 0.383 e. The van der Waals surface area contributed by atoms with Crippen molar-refractivity contribution in [3.63, 3.8) is 0 Å². The van der Waals surface area contributed by atoms with Gasteiger partial charge in [-0.15, -0.1) is 0 Å². The maximum Gasteiger partial charge on any atom is 0.263 e. The van der Waals surface area contributed by atoms with Gasteiger partial charge in [-0.2, -0.15) is 5.10 Å². The number of rotatable bonds is 6. The second-order valence-electron chi connectivity index (χ2n) is 7.81. The first-order valence-corrected chi connectivity index (χ1v) is 10.8. The number of fused-ring (bicyclic) bond motifs is 1. The van der Waals surface area contributed by atoms with E-state index in [4.69, 9.17) is 22.3 Å². The lowest BCUT2D eigenvalue weighted by atomic mass is 10.1. The summed E-state index contributed by atoms with van der Waals surface area (Å²) < 4.78 is 3.39. The van der Waals surface area contributed by atoms with Crippen molar-refractivity contribution in [2.45, 2.75) is 38.3 Å². The maximum absolute atomic E-state index is 13.4. The first-order chi connectivity index (χ1) is 15.5. The van der Waals surface area contributed by atoms with Crippen LogP contribution in [0.1, 0.15) is 44.1 Å². The van der Waals surface area contributed by atoms with Gasteiger partial charge in [0.05, 0.1) is 22.0 Å². The Kier molecular flexibility index (Phi) is 5.01. The monoisotopic (exact) mass is 451 g/mol. The molecule has 1 aromatic carbocycles. The lowest BCUT2D eigenvalue weighted by Gasteiger charge is -2.23. The highest BCUT2D eigenvalue weighted by Gasteiger charge is 2.32. The zero-order valence-corrected chi connectivity index (χ0v) is 18.4. The summed E-state index contributed by atoms with van der Waals surface area (Å²) >= 11 is 6.35. The third kappa shape index (κ3) is 3.36. The zero-order valence-electron chi connectivity index (χ0n) is 17.7. The molecule has 0 amide bonds. The Morgan fingerprint density at radius 2 is 2.06 bits per heavy atom. The summed E-state index contributed by atoms with van der Waals surface area (Å²) in [6, 6.07) is 5.15. The molecule has 1 aliphatic carbocycles. The van der Waals surface area contributed by atoms with Gasteiger partial charge in [-0.05, 0) is 31.4 Å². The number of nitrogens with one attached hydrogen (secondary N) is 1. The van der Waals surface area contributed by atoms with Crippen molar-refractivity contribution >= 4 is 34.1 Å². The van der Waals surface area contributed by atoms with E-state index in [9.17, 15) is 4.79 Å². The quantitative estimate of drug-likeness (QED) is 0.457. The van der Waals surface area contributed by atoms with Crippen LogP contribution in [-0.4, -0.2) is 34.3 Å². The Hall–Kier alpha value is -3.53. The number of aryl methyl sites for hydroxylation is 1. The average molecular weight is 452 g/mol. The van der Waals surface area contributed by atoms with E-state index in [2.05, 4.69) is 25.4 Å². The third-order valence-corrected chi connectivity index (χ3v) is 5.98. The fourth-order valence-corrected chi connectivity index (χ4v) is 4.17. The highest BCUT2D eigenvalue weighted by atomic mass is 35.5. The molecule has 1 fully saturated rings. The van der Waals surface area contributed by atoms with Crippen molar-refractivity contribution in [3.05, 3.63) is 52.1 Å². The molecule has 10 nitrogen and oxygen atoms in total. The second-order valence-corrected chi connectivity index (χ2v) is 8.21. The van der Waals surface area contributed by atoms with Crippen molar-refractivity contribution in [2.75, 3.05) is 11.1 Å². The molecule has 164 valence electrons. The Bertz CT molecular complexity index is 1380. The Morgan fingerprint density at radius 3 is 2.75 bits per heavy atom. The van der Waals surface area contributed by atoms with Gasteiger partial charge >= 0.3 is 0 Å². The maximum atomic E-state index is 13.4. The molecule has 1 atom stereocenters. The number of anilines is 2. The summed E-state index contributed by atoms with van der Waals surface area (Å²) in [4.78, 5) is 31.1. The molecule has 4 aromatic rings. The van der Waals surface area contributed by atoms with E-state index >= 15 is 0 Å². The number of hydrogen-bond donors (Lipinski definition) is 2. The van der Waals surface area contributed by atoms with Crippen LogP contribution < -0.4 is 16.6 Å². The van der Waals surface area contributed by atoms with Crippen LogP contribution >= 0.6 is 11.6 Å². The normalized spacial score (nSPS) is 14.6. The lowest BCUT2D eigenvalue weighted by Crippen LogP contribution is -2.29. The molecule has 11 heteroatoms. The summed E-state index contributed by atoms with van der Waals surface area (Å²) in [5, 5.41) is 8.42. The Labute approximate surface area is 188 Å². The van der Waals surface area contributed by atoms with Crippen LogP contribution in [0.2, 0.25) is 5.02 Å². The Balaban J connectivity index is 1.65. The molecule has 0 bridgehead atoms. The predicted octanol–water partition coefficient (Wildman–Crippen LogP) is 3.12. The summed E-state index contributed by atoms with van der Waals surface area (Å²) in [5.41, 5.74) is 7.19. The molecular formula is C21H22ClN9O. The van der Waals surface area contributed by atoms with Crippen molar-refractivity contribution in [1.82, 2.24) is 34.3 Å². The van der Waals surface area contributed by atoms with Crippen LogP contribution in [0.15, 0.2) is 35.6 Å². The van der Waals surface area contributed by atoms with E-state index in [1.807, 2.05) is 13.0 Å². The van der Waals surface area contributed by atoms with E-state index in [0.29, 0.717) is 45.4 Å². The number of nitrogen functional groups attached to an aromatic ring is 1. The minimum absolute atomic E-state index is 0.117. The van der Waals surface area contributed by atoms with E-state index < -0.39 is 0 Å². The highest BCUT2D eigenvalue weighted by molar-refractivity contribution is 6.35. The molecule has 0 aliphatic heterocycles. The molecule has 3 heterocycles. The minimum Gasteiger partial charge on any atom is -0.383 e. The van der Waals surface area contributed by atoms with Gasteiger partial charge in [0.15, 0.2) is 5.82 Å². The average Bonchev–Trinajstić information content (AvgIpc) is 3.52. The molecule has 5 rings (SSSR count). The van der Waals surface area contributed by atoms with Gasteiger partial charge in [-0.25, -0.2) is 24.6 Å². The minimum atomic E-state index is -0.298. The number of halogens is 1. The lowest BCUT2D eigenvalue weighted by molar-refractivity contribution is 0.579. The molecule has 1 aliphatic rings. The van der Waals surface area contributed by atoms with E-state index in [1.54, 1.807) is 28.4 Å². The molecule has 0 saturated heterocycles.